The highest BCUT2D eigenvalue weighted by Gasteiger charge is 2.30. The number of pyridine rings is 1. The van der Waals surface area contributed by atoms with Gasteiger partial charge in [0.25, 0.3) is 0 Å². The number of nitrogens with one attached hydrogen (secondary N) is 1. The third-order valence-corrected chi connectivity index (χ3v) is 6.39. The summed E-state index contributed by atoms with van der Waals surface area (Å²) in [5.74, 6) is 0.899. The summed E-state index contributed by atoms with van der Waals surface area (Å²) in [6.07, 6.45) is 10.9. The van der Waals surface area contributed by atoms with Gasteiger partial charge in [-0.2, -0.15) is 5.10 Å². The summed E-state index contributed by atoms with van der Waals surface area (Å²) in [6, 6.07) is 4.24. The van der Waals surface area contributed by atoms with Crippen LogP contribution in [0.25, 0.3) is 5.65 Å². The quantitative estimate of drug-likeness (QED) is 0.501. The number of aromatic nitrogens is 7. The van der Waals surface area contributed by atoms with E-state index in [1.165, 1.54) is 24.0 Å². The lowest BCUT2D eigenvalue weighted by atomic mass is 9.99. The zero-order valence-corrected chi connectivity index (χ0v) is 16.9. The second-order valence-corrected chi connectivity index (χ2v) is 8.61. The monoisotopic (exact) mass is 401 g/mol. The Morgan fingerprint density at radius 1 is 1.20 bits per heavy atom. The number of nitrogens with zero attached hydrogens (tertiary/aromatic N) is 6. The molecule has 2 aliphatic rings. The number of fused-ring (bicyclic) bond motifs is 2. The number of carbonyl (C=O) groups excluding carboxylic acids is 1. The molecule has 8 nitrogen and oxygen atoms in total. The molecule has 0 unspecified atom stereocenters. The lowest BCUT2D eigenvalue weighted by Crippen LogP contribution is -2.06. The Morgan fingerprint density at radius 2 is 2.10 bits per heavy atom. The van der Waals surface area contributed by atoms with Crippen molar-refractivity contribution in [2.45, 2.75) is 57.4 Å². The molecular formula is C22H23N7O. The summed E-state index contributed by atoms with van der Waals surface area (Å²) in [5, 5.41) is 15.7. The van der Waals surface area contributed by atoms with Crippen LogP contribution >= 0.6 is 0 Å². The maximum absolute atomic E-state index is 12.8. The molecule has 1 saturated carbocycles. The van der Waals surface area contributed by atoms with Crippen LogP contribution in [0.4, 0.5) is 0 Å². The minimum absolute atomic E-state index is 0.0174. The van der Waals surface area contributed by atoms with Crippen LogP contribution in [0.2, 0.25) is 0 Å². The molecule has 30 heavy (non-hydrogen) atoms. The summed E-state index contributed by atoms with van der Waals surface area (Å²) < 4.78 is 3.77. The predicted octanol–water partition coefficient (Wildman–Crippen LogP) is 3.19. The van der Waals surface area contributed by atoms with Crippen LogP contribution < -0.4 is 0 Å². The molecule has 4 aromatic rings. The summed E-state index contributed by atoms with van der Waals surface area (Å²) in [5.41, 5.74) is 7.05. The summed E-state index contributed by atoms with van der Waals surface area (Å²) in [4.78, 5) is 17.4. The van der Waals surface area contributed by atoms with Crippen molar-refractivity contribution in [2.75, 3.05) is 0 Å². The van der Waals surface area contributed by atoms with Crippen molar-refractivity contribution < 1.29 is 4.79 Å². The molecule has 0 bridgehead atoms. The Labute approximate surface area is 173 Å². The first-order valence-electron chi connectivity index (χ1n) is 10.6. The molecule has 4 heterocycles. The van der Waals surface area contributed by atoms with E-state index in [1.807, 2.05) is 13.1 Å². The van der Waals surface area contributed by atoms with Crippen molar-refractivity contribution in [3.05, 3.63) is 64.6 Å². The summed E-state index contributed by atoms with van der Waals surface area (Å²) >= 11 is 0. The smallest absolute Gasteiger partial charge is 0.185 e. The first-order chi connectivity index (χ1) is 14.6. The van der Waals surface area contributed by atoms with Gasteiger partial charge in [-0.1, -0.05) is 11.3 Å². The van der Waals surface area contributed by atoms with Crippen LogP contribution in [-0.4, -0.2) is 40.4 Å². The Bertz CT molecular complexity index is 1260. The van der Waals surface area contributed by atoms with E-state index < -0.39 is 0 Å². The van der Waals surface area contributed by atoms with Crippen molar-refractivity contribution in [3.63, 3.8) is 0 Å². The molecule has 0 aromatic carbocycles. The molecular weight excluding hydrogens is 378 g/mol. The van der Waals surface area contributed by atoms with Crippen LogP contribution in [0.5, 0.6) is 0 Å². The second kappa shape index (κ2) is 6.62. The number of aromatic amines is 1. The topological polar surface area (TPSA) is 93.8 Å². The van der Waals surface area contributed by atoms with E-state index in [0.717, 1.165) is 35.6 Å². The summed E-state index contributed by atoms with van der Waals surface area (Å²) in [7, 11) is 0. The molecule has 6 rings (SSSR count). The number of Topliss-reactive ketones (excluding diaryl/α,β-unsaturated/α-hetero) is 1. The second-order valence-electron chi connectivity index (χ2n) is 8.61. The van der Waals surface area contributed by atoms with Gasteiger partial charge in [0.05, 0.1) is 24.1 Å². The number of imidazole rings is 1. The van der Waals surface area contributed by atoms with E-state index in [-0.39, 0.29) is 11.7 Å². The number of ketones is 1. The number of hydrogen-bond donors (Lipinski definition) is 1. The Balaban J connectivity index is 1.16. The number of carbonyl (C=O) groups is 1. The minimum Gasteiger partial charge on any atom is -0.306 e. The lowest BCUT2D eigenvalue weighted by molar-refractivity contribution is 0.0968. The molecule has 2 aliphatic carbocycles. The van der Waals surface area contributed by atoms with E-state index in [2.05, 4.69) is 48.2 Å². The number of rotatable bonds is 6. The molecule has 4 aromatic heterocycles. The van der Waals surface area contributed by atoms with Gasteiger partial charge in [-0.05, 0) is 55.7 Å². The first-order valence-corrected chi connectivity index (χ1v) is 10.6. The molecule has 1 N–H and O–H groups in total. The van der Waals surface area contributed by atoms with Crippen molar-refractivity contribution in [2.24, 2.45) is 0 Å². The Kier molecular flexibility index (Phi) is 3.87. The Hall–Kier alpha value is -3.29. The van der Waals surface area contributed by atoms with E-state index in [1.54, 1.807) is 10.9 Å². The SMILES string of the molecule is Cc1[nH]nc2c1CC[C@H]2CC(=O)c1cn(Cc2cn3cc(C4CC4)ccc3n2)nn1. The van der Waals surface area contributed by atoms with Gasteiger partial charge in [0.2, 0.25) is 0 Å². The third kappa shape index (κ3) is 3.03. The van der Waals surface area contributed by atoms with E-state index in [0.29, 0.717) is 24.6 Å². The molecule has 0 radical (unpaired) electrons. The average molecular weight is 401 g/mol. The maximum atomic E-state index is 12.8. The van der Waals surface area contributed by atoms with Gasteiger partial charge < -0.3 is 4.40 Å². The fourth-order valence-electron chi connectivity index (χ4n) is 4.57. The molecule has 0 amide bonds. The average Bonchev–Trinajstić information content (AvgIpc) is 3.06. The fourth-order valence-corrected chi connectivity index (χ4v) is 4.57. The normalized spacial score (nSPS) is 18.2. The molecule has 1 fully saturated rings. The van der Waals surface area contributed by atoms with Crippen molar-refractivity contribution in [1.29, 1.82) is 0 Å². The third-order valence-electron chi connectivity index (χ3n) is 6.39. The molecule has 0 aliphatic heterocycles. The maximum Gasteiger partial charge on any atom is 0.185 e. The molecule has 8 heteroatoms. The molecule has 0 saturated heterocycles. The van der Waals surface area contributed by atoms with E-state index in [4.69, 9.17) is 0 Å². The number of hydrogen-bond acceptors (Lipinski definition) is 5. The van der Waals surface area contributed by atoms with E-state index >= 15 is 0 Å². The van der Waals surface area contributed by atoms with Crippen molar-refractivity contribution in [1.82, 2.24) is 34.6 Å². The highest BCUT2D eigenvalue weighted by atomic mass is 16.1. The largest absolute Gasteiger partial charge is 0.306 e. The van der Waals surface area contributed by atoms with Crippen LogP contribution in [0, 0.1) is 6.92 Å². The van der Waals surface area contributed by atoms with Gasteiger partial charge >= 0.3 is 0 Å². The first kappa shape index (κ1) is 17.6. The molecule has 1 atom stereocenters. The fraction of sp³-hybridized carbons (Fsp3) is 0.409. The van der Waals surface area contributed by atoms with Crippen LogP contribution in [0.3, 0.4) is 0 Å². The highest BCUT2D eigenvalue weighted by Crippen LogP contribution is 2.40. The number of H-pyrrole nitrogens is 1. The van der Waals surface area contributed by atoms with Crippen molar-refractivity contribution >= 4 is 11.4 Å². The van der Waals surface area contributed by atoms with E-state index in [9.17, 15) is 4.79 Å². The number of aryl methyl sites for hydroxylation is 1. The standard InChI is InChI=1S/C22H23N7O/c1-13-18-6-4-15(22(18)26-24-13)8-20(30)19-12-29(27-25-19)11-17-10-28-9-16(14-2-3-14)5-7-21(28)23-17/h5,7,9-10,12,14-15H,2-4,6,8,11H2,1H3,(H,24,26)/t15-/m0/s1. The van der Waals surface area contributed by atoms with Gasteiger partial charge in [-0.15, -0.1) is 5.10 Å². The van der Waals surface area contributed by atoms with Crippen LogP contribution in [0.1, 0.15) is 76.2 Å². The minimum atomic E-state index is 0.0174. The zero-order valence-electron chi connectivity index (χ0n) is 16.9. The van der Waals surface area contributed by atoms with Crippen LogP contribution in [-0.2, 0) is 13.0 Å². The lowest BCUT2D eigenvalue weighted by Gasteiger charge is -2.05. The predicted molar refractivity (Wildman–Crippen MR) is 110 cm³/mol. The summed E-state index contributed by atoms with van der Waals surface area (Å²) in [6.45, 7) is 2.53. The van der Waals surface area contributed by atoms with Crippen molar-refractivity contribution in [3.8, 4) is 0 Å². The highest BCUT2D eigenvalue weighted by molar-refractivity contribution is 5.94. The molecule has 152 valence electrons. The zero-order chi connectivity index (χ0) is 20.2. The van der Waals surface area contributed by atoms with Gasteiger partial charge in [-0.3, -0.25) is 9.89 Å². The van der Waals surface area contributed by atoms with Crippen LogP contribution in [0.15, 0.2) is 30.7 Å². The van der Waals surface area contributed by atoms with Gasteiger partial charge in [-0.25, -0.2) is 9.67 Å². The van der Waals surface area contributed by atoms with Gasteiger partial charge in [0.1, 0.15) is 11.3 Å². The van der Waals surface area contributed by atoms with Gasteiger partial charge in [0.15, 0.2) is 5.78 Å². The Morgan fingerprint density at radius 3 is 2.97 bits per heavy atom. The van der Waals surface area contributed by atoms with Gasteiger partial charge in [0, 0.05) is 30.4 Å². The molecule has 0 spiro atoms.